The molecule has 6 nitrogen and oxygen atoms in total. The van der Waals surface area contributed by atoms with E-state index in [2.05, 4.69) is 15.6 Å². The molecule has 20 heavy (non-hydrogen) atoms. The van der Waals surface area contributed by atoms with Gasteiger partial charge >= 0.3 is 0 Å². The van der Waals surface area contributed by atoms with Crippen LogP contribution in [0.15, 0.2) is 23.2 Å². The zero-order chi connectivity index (χ0) is 15.2. The van der Waals surface area contributed by atoms with E-state index < -0.39 is 9.84 Å². The van der Waals surface area contributed by atoms with E-state index in [0.29, 0.717) is 6.54 Å². The maximum absolute atomic E-state index is 11.6. The number of anilines is 1. The maximum Gasteiger partial charge on any atom is 0.221 e. The number of hydrogen-bond acceptors (Lipinski definition) is 5. The van der Waals surface area contributed by atoms with E-state index in [1.54, 1.807) is 6.07 Å². The largest absolute Gasteiger partial charge is 0.368 e. The molecule has 1 aromatic rings. The van der Waals surface area contributed by atoms with Crippen molar-refractivity contribution in [3.8, 4) is 0 Å². The molecule has 0 aromatic carbocycles. The minimum Gasteiger partial charge on any atom is -0.368 e. The molecule has 0 aliphatic heterocycles. The highest BCUT2D eigenvalue weighted by Crippen LogP contribution is 2.17. The highest BCUT2D eigenvalue weighted by Gasteiger charge is 2.14. The predicted molar refractivity (Wildman–Crippen MR) is 78.3 cm³/mol. The first kappa shape index (κ1) is 16.4. The third kappa shape index (κ3) is 5.16. The van der Waals surface area contributed by atoms with Gasteiger partial charge in [-0.3, -0.25) is 4.79 Å². The molecule has 0 radical (unpaired) electrons. The molecule has 1 rings (SSSR count). The molecular weight excluding hydrogens is 278 g/mol. The number of amides is 1. The normalized spacial score (nSPS) is 12.8. The van der Waals surface area contributed by atoms with Gasteiger partial charge in [0, 0.05) is 31.5 Å². The van der Waals surface area contributed by atoms with Crippen LogP contribution in [-0.2, 0) is 14.6 Å². The summed E-state index contributed by atoms with van der Waals surface area (Å²) in [6.07, 6.45) is 3.78. The zero-order valence-electron chi connectivity index (χ0n) is 12.0. The van der Waals surface area contributed by atoms with E-state index in [4.69, 9.17) is 0 Å². The number of hydrogen-bond donors (Lipinski definition) is 2. The standard InChI is InChI=1S/C13H21N3O3S/c1-4-10(2)16-12(17)7-9-15-13-11(20(3,18)19)6-5-8-14-13/h5-6,8,10H,4,7,9H2,1-3H3,(H,14,15)(H,16,17). The molecule has 1 amide bonds. The second-order valence-corrected chi connectivity index (χ2v) is 6.66. The van der Waals surface area contributed by atoms with Crippen LogP contribution in [0, 0.1) is 0 Å². The first-order chi connectivity index (χ1) is 9.34. The molecule has 0 aliphatic carbocycles. The number of aromatic nitrogens is 1. The molecule has 0 fully saturated rings. The summed E-state index contributed by atoms with van der Waals surface area (Å²) in [5, 5.41) is 5.73. The van der Waals surface area contributed by atoms with Gasteiger partial charge in [-0.15, -0.1) is 0 Å². The topological polar surface area (TPSA) is 88.2 Å². The molecule has 0 aliphatic rings. The summed E-state index contributed by atoms with van der Waals surface area (Å²) in [6.45, 7) is 4.27. The third-order valence-electron chi connectivity index (χ3n) is 2.83. The lowest BCUT2D eigenvalue weighted by atomic mass is 10.2. The summed E-state index contributed by atoms with van der Waals surface area (Å²) in [6, 6.07) is 3.20. The molecule has 1 heterocycles. The van der Waals surface area contributed by atoms with Crippen molar-refractivity contribution in [2.45, 2.75) is 37.6 Å². The molecule has 2 N–H and O–H groups in total. The lowest BCUT2D eigenvalue weighted by Gasteiger charge is -2.12. The Balaban J connectivity index is 2.57. The van der Waals surface area contributed by atoms with E-state index in [1.807, 2.05) is 13.8 Å². The number of nitrogens with one attached hydrogen (secondary N) is 2. The van der Waals surface area contributed by atoms with Crippen molar-refractivity contribution in [1.29, 1.82) is 0 Å². The van der Waals surface area contributed by atoms with Gasteiger partial charge in [0.25, 0.3) is 0 Å². The SMILES string of the molecule is CCC(C)NC(=O)CCNc1ncccc1S(C)(=O)=O. The van der Waals surface area contributed by atoms with Crippen molar-refractivity contribution in [2.75, 3.05) is 18.1 Å². The summed E-state index contributed by atoms with van der Waals surface area (Å²) in [5.41, 5.74) is 0. The Morgan fingerprint density at radius 3 is 2.75 bits per heavy atom. The minimum absolute atomic E-state index is 0.0660. The van der Waals surface area contributed by atoms with Gasteiger partial charge in [-0.2, -0.15) is 0 Å². The van der Waals surface area contributed by atoms with Crippen molar-refractivity contribution < 1.29 is 13.2 Å². The molecule has 1 aromatic heterocycles. The van der Waals surface area contributed by atoms with Crippen LogP contribution in [-0.4, -0.2) is 38.2 Å². The predicted octanol–water partition coefficient (Wildman–Crippen LogP) is 1.20. The zero-order valence-corrected chi connectivity index (χ0v) is 12.8. The smallest absolute Gasteiger partial charge is 0.221 e. The third-order valence-corrected chi connectivity index (χ3v) is 3.96. The minimum atomic E-state index is -3.33. The van der Waals surface area contributed by atoms with Gasteiger partial charge in [0.05, 0.1) is 0 Å². The monoisotopic (exact) mass is 299 g/mol. The number of sulfone groups is 1. The van der Waals surface area contributed by atoms with Crippen LogP contribution in [0.3, 0.4) is 0 Å². The van der Waals surface area contributed by atoms with Crippen molar-refractivity contribution >= 4 is 21.6 Å². The summed E-state index contributed by atoms with van der Waals surface area (Å²) >= 11 is 0. The molecule has 1 atom stereocenters. The number of carbonyl (C=O) groups is 1. The van der Waals surface area contributed by atoms with Crippen LogP contribution in [0.25, 0.3) is 0 Å². The average molecular weight is 299 g/mol. The van der Waals surface area contributed by atoms with Crippen LogP contribution in [0.5, 0.6) is 0 Å². The van der Waals surface area contributed by atoms with Gasteiger partial charge in [-0.25, -0.2) is 13.4 Å². The summed E-state index contributed by atoms with van der Waals surface area (Å²) in [7, 11) is -3.33. The second-order valence-electron chi connectivity index (χ2n) is 4.68. The highest BCUT2D eigenvalue weighted by molar-refractivity contribution is 7.90. The lowest BCUT2D eigenvalue weighted by Crippen LogP contribution is -2.33. The fourth-order valence-corrected chi connectivity index (χ4v) is 2.37. The Bertz CT molecular complexity index is 558. The Morgan fingerprint density at radius 2 is 2.15 bits per heavy atom. The van der Waals surface area contributed by atoms with Crippen molar-refractivity contribution in [3.05, 3.63) is 18.3 Å². The van der Waals surface area contributed by atoms with Crippen LogP contribution < -0.4 is 10.6 Å². The van der Waals surface area contributed by atoms with Gasteiger partial charge < -0.3 is 10.6 Å². The van der Waals surface area contributed by atoms with Gasteiger partial charge in [0.1, 0.15) is 10.7 Å². The molecular formula is C13H21N3O3S. The molecule has 0 bridgehead atoms. The Morgan fingerprint density at radius 1 is 1.45 bits per heavy atom. The number of pyridine rings is 1. The van der Waals surface area contributed by atoms with E-state index in [1.165, 1.54) is 12.3 Å². The molecule has 7 heteroatoms. The highest BCUT2D eigenvalue weighted by atomic mass is 32.2. The maximum atomic E-state index is 11.6. The van der Waals surface area contributed by atoms with Crippen molar-refractivity contribution in [1.82, 2.24) is 10.3 Å². The Hall–Kier alpha value is -1.63. The van der Waals surface area contributed by atoms with Gasteiger partial charge in [0.2, 0.25) is 5.91 Å². The van der Waals surface area contributed by atoms with E-state index in [9.17, 15) is 13.2 Å². The van der Waals surface area contributed by atoms with E-state index in [0.717, 1.165) is 12.7 Å². The Kier molecular flexibility index (Phi) is 5.94. The van der Waals surface area contributed by atoms with Crippen LogP contribution in [0.1, 0.15) is 26.7 Å². The summed E-state index contributed by atoms with van der Waals surface area (Å²) in [5.74, 6) is 0.218. The van der Waals surface area contributed by atoms with Gasteiger partial charge in [-0.05, 0) is 25.5 Å². The van der Waals surface area contributed by atoms with Gasteiger partial charge in [0.15, 0.2) is 9.84 Å². The fourth-order valence-electron chi connectivity index (χ4n) is 1.57. The number of rotatable bonds is 7. The second kappa shape index (κ2) is 7.23. The van der Waals surface area contributed by atoms with Gasteiger partial charge in [-0.1, -0.05) is 6.92 Å². The van der Waals surface area contributed by atoms with Crippen LogP contribution >= 0.6 is 0 Å². The number of carbonyl (C=O) groups excluding carboxylic acids is 1. The molecule has 1 unspecified atom stereocenters. The number of nitrogens with zero attached hydrogens (tertiary/aromatic N) is 1. The summed E-state index contributed by atoms with van der Waals surface area (Å²) in [4.78, 5) is 15.7. The van der Waals surface area contributed by atoms with E-state index in [-0.39, 0.29) is 29.1 Å². The fraction of sp³-hybridized carbons (Fsp3) is 0.538. The first-order valence-corrected chi connectivity index (χ1v) is 8.42. The van der Waals surface area contributed by atoms with Crippen molar-refractivity contribution in [3.63, 3.8) is 0 Å². The molecule has 0 saturated carbocycles. The lowest BCUT2D eigenvalue weighted by molar-refractivity contribution is -0.121. The first-order valence-electron chi connectivity index (χ1n) is 6.53. The van der Waals surface area contributed by atoms with Crippen molar-refractivity contribution in [2.24, 2.45) is 0 Å². The Labute approximate surface area is 119 Å². The van der Waals surface area contributed by atoms with Crippen LogP contribution in [0.4, 0.5) is 5.82 Å². The summed E-state index contributed by atoms with van der Waals surface area (Å²) < 4.78 is 23.2. The quantitative estimate of drug-likeness (QED) is 0.790. The molecule has 0 spiro atoms. The van der Waals surface area contributed by atoms with Crippen LogP contribution in [0.2, 0.25) is 0 Å². The molecule has 0 saturated heterocycles. The van der Waals surface area contributed by atoms with E-state index >= 15 is 0 Å². The molecule has 112 valence electrons. The average Bonchev–Trinajstić information content (AvgIpc) is 2.38.